The van der Waals surface area contributed by atoms with Gasteiger partial charge in [0.25, 0.3) is 10.0 Å². The second-order valence-electron chi connectivity index (χ2n) is 4.43. The molecule has 0 spiro atoms. The molecule has 2 amide bonds. The molecule has 2 aromatic heterocycles. The summed E-state index contributed by atoms with van der Waals surface area (Å²) in [7, 11) is -2.77. The second-order valence-corrected chi connectivity index (χ2v) is 7.29. The van der Waals surface area contributed by atoms with Crippen LogP contribution < -0.4 is 4.72 Å². The summed E-state index contributed by atoms with van der Waals surface area (Å²) < 4.78 is 28.3. The number of halogens is 1. The van der Waals surface area contributed by atoms with Gasteiger partial charge < -0.3 is 0 Å². The molecule has 1 atom stereocenters. The van der Waals surface area contributed by atoms with Gasteiger partial charge in [-0.05, 0) is 0 Å². The largest absolute Gasteiger partial charge is 0.284 e. The van der Waals surface area contributed by atoms with Crippen molar-refractivity contribution in [1.82, 2.24) is 19.0 Å². The number of nitrogens with one attached hydrogen (secondary N) is 1. The number of aromatic nitrogens is 2. The summed E-state index contributed by atoms with van der Waals surface area (Å²) >= 11 is 7.09. The summed E-state index contributed by atoms with van der Waals surface area (Å²) in [6, 6.07) is -1.12. The van der Waals surface area contributed by atoms with Gasteiger partial charge in [-0.1, -0.05) is 11.6 Å². The fourth-order valence-corrected chi connectivity index (χ4v) is 4.71. The van der Waals surface area contributed by atoms with Crippen molar-refractivity contribution in [2.75, 3.05) is 7.05 Å². The van der Waals surface area contributed by atoms with Gasteiger partial charge in [0.05, 0.1) is 6.42 Å². The van der Waals surface area contributed by atoms with Crippen molar-refractivity contribution in [1.29, 1.82) is 0 Å². The number of fused-ring (bicyclic) bond motifs is 1. The molecular weight excluding hydrogens is 340 g/mol. The lowest BCUT2D eigenvalue weighted by molar-refractivity contribution is -0.137. The molecular formula is C10H9ClN4O4S2. The van der Waals surface area contributed by atoms with Crippen molar-refractivity contribution in [3.8, 4) is 0 Å². The van der Waals surface area contributed by atoms with E-state index in [0.717, 1.165) is 4.90 Å². The first-order valence-corrected chi connectivity index (χ1v) is 8.49. The maximum Gasteiger partial charge on any atom is 0.260 e. The summed E-state index contributed by atoms with van der Waals surface area (Å²) in [5, 5.41) is 1.24. The molecule has 1 fully saturated rings. The van der Waals surface area contributed by atoms with Gasteiger partial charge in [-0.15, -0.1) is 11.3 Å². The highest BCUT2D eigenvalue weighted by atomic mass is 35.5. The number of amides is 2. The van der Waals surface area contributed by atoms with Crippen LogP contribution in [0.1, 0.15) is 6.42 Å². The Balaban J connectivity index is 1.98. The van der Waals surface area contributed by atoms with Crippen LogP contribution in [0.25, 0.3) is 4.96 Å². The van der Waals surface area contributed by atoms with E-state index in [9.17, 15) is 18.0 Å². The molecule has 0 aromatic carbocycles. The summed E-state index contributed by atoms with van der Waals surface area (Å²) in [6.07, 6.45) is 1.30. The van der Waals surface area contributed by atoms with E-state index in [1.165, 1.54) is 29.0 Å². The van der Waals surface area contributed by atoms with E-state index in [2.05, 4.69) is 9.71 Å². The molecule has 2 aromatic rings. The number of hydrogen-bond donors (Lipinski definition) is 1. The van der Waals surface area contributed by atoms with Crippen LogP contribution in [-0.2, 0) is 19.6 Å². The SMILES string of the molecule is CN1C(=O)CC(NS(=O)(=O)c2c(Cl)nc3sccn23)C1=O. The molecule has 1 aliphatic rings. The minimum absolute atomic E-state index is 0.181. The lowest BCUT2D eigenvalue weighted by atomic mass is 10.3. The fraction of sp³-hybridized carbons (Fsp3) is 0.300. The van der Waals surface area contributed by atoms with Gasteiger partial charge in [-0.3, -0.25) is 18.9 Å². The second kappa shape index (κ2) is 4.77. The van der Waals surface area contributed by atoms with Gasteiger partial charge in [-0.25, -0.2) is 13.4 Å². The van der Waals surface area contributed by atoms with Gasteiger partial charge in [0.2, 0.25) is 11.8 Å². The summed E-state index contributed by atoms with van der Waals surface area (Å²) in [5.74, 6) is -1.03. The van der Waals surface area contributed by atoms with E-state index >= 15 is 0 Å². The molecule has 8 nitrogen and oxygen atoms in total. The monoisotopic (exact) mass is 348 g/mol. The highest BCUT2D eigenvalue weighted by molar-refractivity contribution is 7.89. The van der Waals surface area contributed by atoms with E-state index < -0.39 is 27.9 Å². The number of imidazole rings is 1. The lowest BCUT2D eigenvalue weighted by Crippen LogP contribution is -2.41. The Bertz CT molecular complexity index is 856. The molecule has 3 heterocycles. The highest BCUT2D eigenvalue weighted by Gasteiger charge is 2.40. The number of likely N-dealkylation sites (tertiary alicyclic amines) is 1. The van der Waals surface area contributed by atoms with Crippen molar-refractivity contribution >= 4 is 49.7 Å². The van der Waals surface area contributed by atoms with Crippen LogP contribution in [-0.4, -0.2) is 47.6 Å². The number of likely N-dealkylation sites (N-methyl/N-ethyl adjacent to an activating group) is 1. The Morgan fingerprint density at radius 2 is 2.19 bits per heavy atom. The normalized spacial score (nSPS) is 19.9. The molecule has 1 N–H and O–H groups in total. The molecule has 112 valence electrons. The Labute approximate surface area is 128 Å². The van der Waals surface area contributed by atoms with Crippen molar-refractivity contribution < 1.29 is 18.0 Å². The standard InChI is InChI=1S/C10H9ClN4O4S2/c1-14-6(16)4-5(8(14)17)13-21(18,19)9-7(11)12-10-15(9)2-3-20-10/h2-3,5,13H,4H2,1H3. The van der Waals surface area contributed by atoms with Crippen molar-refractivity contribution in [2.24, 2.45) is 0 Å². The molecule has 0 bridgehead atoms. The first kappa shape index (κ1) is 14.4. The van der Waals surface area contributed by atoms with Crippen LogP contribution in [0.5, 0.6) is 0 Å². The van der Waals surface area contributed by atoms with E-state index in [-0.39, 0.29) is 16.6 Å². The quantitative estimate of drug-likeness (QED) is 0.792. The molecule has 0 saturated carbocycles. The van der Waals surface area contributed by atoms with Gasteiger partial charge in [-0.2, -0.15) is 4.72 Å². The van der Waals surface area contributed by atoms with Gasteiger partial charge >= 0.3 is 0 Å². The number of thiazole rings is 1. The van der Waals surface area contributed by atoms with Gasteiger partial charge in [0.15, 0.2) is 15.1 Å². The molecule has 21 heavy (non-hydrogen) atoms. The molecule has 11 heteroatoms. The number of imide groups is 1. The zero-order valence-corrected chi connectivity index (χ0v) is 13.0. The zero-order chi connectivity index (χ0) is 15.4. The van der Waals surface area contributed by atoms with Crippen LogP contribution in [0, 0.1) is 0 Å². The van der Waals surface area contributed by atoms with Gasteiger partial charge in [0.1, 0.15) is 6.04 Å². The summed E-state index contributed by atoms with van der Waals surface area (Å²) in [5.41, 5.74) is 0. The van der Waals surface area contributed by atoms with Crippen LogP contribution >= 0.6 is 22.9 Å². The van der Waals surface area contributed by atoms with E-state index in [0.29, 0.717) is 4.96 Å². The molecule has 0 aliphatic carbocycles. The average Bonchev–Trinajstić information content (AvgIpc) is 3.00. The number of sulfonamides is 1. The number of rotatable bonds is 3. The Kier molecular flexibility index (Phi) is 3.28. The third kappa shape index (κ3) is 2.24. The molecule has 0 radical (unpaired) electrons. The van der Waals surface area contributed by atoms with Crippen molar-refractivity contribution in [3.63, 3.8) is 0 Å². The van der Waals surface area contributed by atoms with Crippen molar-refractivity contribution in [2.45, 2.75) is 17.5 Å². The number of hydrogen-bond acceptors (Lipinski definition) is 6. The molecule has 3 rings (SSSR count). The zero-order valence-electron chi connectivity index (χ0n) is 10.6. The van der Waals surface area contributed by atoms with E-state index in [1.807, 2.05) is 0 Å². The van der Waals surface area contributed by atoms with Crippen LogP contribution in [0.3, 0.4) is 0 Å². The van der Waals surface area contributed by atoms with Crippen LogP contribution in [0.15, 0.2) is 16.6 Å². The van der Waals surface area contributed by atoms with E-state index in [4.69, 9.17) is 11.6 Å². The van der Waals surface area contributed by atoms with Gasteiger partial charge in [0, 0.05) is 18.6 Å². The predicted molar refractivity (Wildman–Crippen MR) is 74.6 cm³/mol. The van der Waals surface area contributed by atoms with Crippen molar-refractivity contribution in [3.05, 3.63) is 16.7 Å². The first-order chi connectivity index (χ1) is 9.81. The van der Waals surface area contributed by atoms with Crippen LogP contribution in [0.2, 0.25) is 5.15 Å². The molecule has 1 aliphatic heterocycles. The number of carbonyl (C=O) groups excluding carboxylic acids is 2. The minimum atomic E-state index is -4.08. The maximum atomic E-state index is 12.4. The first-order valence-electron chi connectivity index (χ1n) is 5.75. The lowest BCUT2D eigenvalue weighted by Gasteiger charge is -2.11. The number of carbonyl (C=O) groups is 2. The highest BCUT2D eigenvalue weighted by Crippen LogP contribution is 2.26. The smallest absolute Gasteiger partial charge is 0.260 e. The minimum Gasteiger partial charge on any atom is -0.284 e. The Morgan fingerprint density at radius 3 is 2.81 bits per heavy atom. The average molecular weight is 349 g/mol. The predicted octanol–water partition coefficient (Wildman–Crippen LogP) is 0.0848. The third-order valence-electron chi connectivity index (χ3n) is 3.11. The molecule has 1 unspecified atom stereocenters. The number of nitrogens with zero attached hydrogens (tertiary/aromatic N) is 3. The maximum absolute atomic E-state index is 12.4. The fourth-order valence-electron chi connectivity index (χ4n) is 2.07. The third-order valence-corrected chi connectivity index (χ3v) is 5.74. The Morgan fingerprint density at radius 1 is 1.48 bits per heavy atom. The Hall–Kier alpha value is -1.49. The topological polar surface area (TPSA) is 101 Å². The van der Waals surface area contributed by atoms with E-state index in [1.54, 1.807) is 5.38 Å². The molecule has 1 saturated heterocycles. The van der Waals surface area contributed by atoms with Crippen LogP contribution in [0.4, 0.5) is 0 Å². The summed E-state index contributed by atoms with van der Waals surface area (Å²) in [6.45, 7) is 0. The summed E-state index contributed by atoms with van der Waals surface area (Å²) in [4.78, 5) is 28.5.